The summed E-state index contributed by atoms with van der Waals surface area (Å²) in [4.78, 5) is 3.80. The molecule has 98 valence electrons. The van der Waals surface area contributed by atoms with Crippen molar-refractivity contribution in [2.45, 2.75) is 44.8 Å². The Morgan fingerprint density at radius 1 is 1.41 bits per heavy atom. The number of nitrogens with one attached hydrogen (secondary N) is 1. The van der Waals surface area contributed by atoms with Crippen molar-refractivity contribution in [3.63, 3.8) is 0 Å². The third kappa shape index (κ3) is 3.99. The topological polar surface area (TPSA) is 51.0 Å². The molecule has 0 aliphatic carbocycles. The van der Waals surface area contributed by atoms with Gasteiger partial charge in [0.25, 0.3) is 0 Å². The lowest BCUT2D eigenvalue weighted by Crippen LogP contribution is -2.28. The molecule has 2 atom stereocenters. The minimum Gasteiger partial charge on any atom is -0.339 e. The molecule has 7 heteroatoms. The lowest BCUT2D eigenvalue weighted by atomic mass is 9.98. The summed E-state index contributed by atoms with van der Waals surface area (Å²) in [7, 11) is 1.78. The van der Waals surface area contributed by atoms with Gasteiger partial charge in [0, 0.05) is 6.04 Å². The summed E-state index contributed by atoms with van der Waals surface area (Å²) in [6.07, 6.45) is -4.74. The van der Waals surface area contributed by atoms with E-state index in [-0.39, 0.29) is 23.7 Å². The number of alkyl halides is 3. The summed E-state index contributed by atoms with van der Waals surface area (Å²) in [6, 6.07) is 0.0687. The zero-order valence-corrected chi connectivity index (χ0v) is 10.0. The Morgan fingerprint density at radius 2 is 2.06 bits per heavy atom. The van der Waals surface area contributed by atoms with Crippen molar-refractivity contribution in [3.8, 4) is 0 Å². The Morgan fingerprint density at radius 3 is 2.53 bits per heavy atom. The Bertz CT molecular complexity index is 351. The van der Waals surface area contributed by atoms with Crippen molar-refractivity contribution in [2.24, 2.45) is 0 Å². The molecule has 0 aromatic carbocycles. The molecule has 0 aliphatic rings. The summed E-state index contributed by atoms with van der Waals surface area (Å²) in [5, 5.41) is 6.38. The summed E-state index contributed by atoms with van der Waals surface area (Å²) < 4.78 is 41.3. The van der Waals surface area contributed by atoms with Gasteiger partial charge in [-0.3, -0.25) is 0 Å². The minimum absolute atomic E-state index is 0.0687. The van der Waals surface area contributed by atoms with Crippen LogP contribution in [0, 0.1) is 0 Å². The van der Waals surface area contributed by atoms with E-state index in [0.717, 1.165) is 6.42 Å². The van der Waals surface area contributed by atoms with E-state index in [1.54, 1.807) is 7.05 Å². The standard InChI is InChI=1S/C10H16F3N3O/c1-4-7(6(2)14-3)9-15-8(16-17-9)5-10(11,12)13/h6-7,14H,4-5H2,1-3H3. The predicted octanol–water partition coefficient (Wildman–Crippen LogP) is 2.28. The van der Waals surface area contributed by atoms with E-state index < -0.39 is 12.6 Å². The first kappa shape index (κ1) is 14.0. The van der Waals surface area contributed by atoms with Crippen LogP contribution in [0.2, 0.25) is 0 Å². The highest BCUT2D eigenvalue weighted by Crippen LogP contribution is 2.24. The molecule has 0 saturated carbocycles. The third-order valence-corrected chi connectivity index (χ3v) is 2.66. The first-order valence-corrected chi connectivity index (χ1v) is 5.43. The van der Waals surface area contributed by atoms with Gasteiger partial charge in [0.05, 0.1) is 5.92 Å². The zero-order chi connectivity index (χ0) is 13.1. The van der Waals surface area contributed by atoms with Crippen molar-refractivity contribution in [2.75, 3.05) is 7.05 Å². The number of nitrogens with zero attached hydrogens (tertiary/aromatic N) is 2. The Hall–Kier alpha value is -1.11. The van der Waals surface area contributed by atoms with Crippen LogP contribution >= 0.6 is 0 Å². The van der Waals surface area contributed by atoms with E-state index in [1.807, 2.05) is 13.8 Å². The average Bonchev–Trinajstić information content (AvgIpc) is 2.64. The van der Waals surface area contributed by atoms with Crippen molar-refractivity contribution in [1.82, 2.24) is 15.5 Å². The van der Waals surface area contributed by atoms with E-state index in [4.69, 9.17) is 4.52 Å². The maximum atomic E-state index is 12.1. The molecule has 0 amide bonds. The van der Waals surface area contributed by atoms with Gasteiger partial charge in [0.1, 0.15) is 6.42 Å². The lowest BCUT2D eigenvalue weighted by Gasteiger charge is -2.17. The molecule has 0 radical (unpaired) electrons. The number of halogens is 3. The van der Waals surface area contributed by atoms with Gasteiger partial charge in [-0.15, -0.1) is 0 Å². The van der Waals surface area contributed by atoms with E-state index in [9.17, 15) is 13.2 Å². The molecule has 1 N–H and O–H groups in total. The maximum Gasteiger partial charge on any atom is 0.396 e. The molecule has 1 rings (SSSR count). The highest BCUT2D eigenvalue weighted by atomic mass is 19.4. The van der Waals surface area contributed by atoms with Gasteiger partial charge in [-0.05, 0) is 20.4 Å². The second kappa shape index (κ2) is 5.48. The summed E-state index contributed by atoms with van der Waals surface area (Å²) >= 11 is 0. The monoisotopic (exact) mass is 251 g/mol. The number of hydrogen-bond acceptors (Lipinski definition) is 4. The normalized spacial score (nSPS) is 15.9. The summed E-state index contributed by atoms with van der Waals surface area (Å²) in [5.41, 5.74) is 0. The van der Waals surface area contributed by atoms with Crippen LogP contribution in [0.5, 0.6) is 0 Å². The highest BCUT2D eigenvalue weighted by molar-refractivity contribution is 4.98. The van der Waals surface area contributed by atoms with E-state index >= 15 is 0 Å². The Kier molecular flexibility index (Phi) is 4.50. The molecule has 1 aromatic rings. The second-order valence-corrected chi connectivity index (χ2v) is 3.93. The molecular weight excluding hydrogens is 235 g/mol. The van der Waals surface area contributed by atoms with Gasteiger partial charge in [-0.1, -0.05) is 12.1 Å². The first-order chi connectivity index (χ1) is 7.87. The molecule has 0 saturated heterocycles. The van der Waals surface area contributed by atoms with E-state index in [2.05, 4.69) is 15.5 Å². The SMILES string of the molecule is CCC(c1nc(CC(F)(F)F)no1)C(C)NC. The maximum absolute atomic E-state index is 12.1. The van der Waals surface area contributed by atoms with Gasteiger partial charge in [-0.25, -0.2) is 0 Å². The van der Waals surface area contributed by atoms with Crippen LogP contribution in [-0.2, 0) is 6.42 Å². The fourth-order valence-corrected chi connectivity index (χ4v) is 1.61. The second-order valence-electron chi connectivity index (χ2n) is 3.93. The highest BCUT2D eigenvalue weighted by Gasteiger charge is 2.31. The number of likely N-dealkylation sites (N-methyl/N-ethyl adjacent to an activating group) is 1. The quantitative estimate of drug-likeness (QED) is 0.872. The molecule has 4 nitrogen and oxygen atoms in total. The number of hydrogen-bond donors (Lipinski definition) is 1. The molecule has 2 unspecified atom stereocenters. The molecule has 0 spiro atoms. The molecule has 0 bridgehead atoms. The van der Waals surface area contributed by atoms with Crippen LogP contribution in [-0.4, -0.2) is 29.4 Å². The van der Waals surface area contributed by atoms with Crippen molar-refractivity contribution < 1.29 is 17.7 Å². The van der Waals surface area contributed by atoms with Crippen LogP contribution in [0.25, 0.3) is 0 Å². The molecular formula is C10H16F3N3O. The van der Waals surface area contributed by atoms with Gasteiger partial charge < -0.3 is 9.84 Å². The fraction of sp³-hybridized carbons (Fsp3) is 0.800. The minimum atomic E-state index is -4.31. The number of rotatable bonds is 5. The van der Waals surface area contributed by atoms with Crippen LogP contribution in [0.3, 0.4) is 0 Å². The van der Waals surface area contributed by atoms with Gasteiger partial charge in [0.15, 0.2) is 5.82 Å². The van der Waals surface area contributed by atoms with Crippen LogP contribution in [0.1, 0.15) is 37.9 Å². The summed E-state index contributed by atoms with van der Waals surface area (Å²) in [6.45, 7) is 3.84. The van der Waals surface area contributed by atoms with Crippen molar-refractivity contribution >= 4 is 0 Å². The van der Waals surface area contributed by atoms with Crippen LogP contribution in [0.15, 0.2) is 4.52 Å². The third-order valence-electron chi connectivity index (χ3n) is 2.66. The number of aromatic nitrogens is 2. The van der Waals surface area contributed by atoms with Crippen molar-refractivity contribution in [3.05, 3.63) is 11.7 Å². The fourth-order valence-electron chi connectivity index (χ4n) is 1.61. The smallest absolute Gasteiger partial charge is 0.339 e. The Labute approximate surface area is 97.6 Å². The Balaban J connectivity index is 2.79. The van der Waals surface area contributed by atoms with Crippen molar-refractivity contribution in [1.29, 1.82) is 0 Å². The lowest BCUT2D eigenvalue weighted by molar-refractivity contribution is -0.128. The van der Waals surface area contributed by atoms with Gasteiger partial charge >= 0.3 is 6.18 Å². The molecule has 0 aliphatic heterocycles. The first-order valence-electron chi connectivity index (χ1n) is 5.43. The molecule has 17 heavy (non-hydrogen) atoms. The molecule has 1 heterocycles. The zero-order valence-electron chi connectivity index (χ0n) is 10.0. The van der Waals surface area contributed by atoms with E-state index in [0.29, 0.717) is 0 Å². The van der Waals surface area contributed by atoms with Gasteiger partial charge in [-0.2, -0.15) is 18.2 Å². The van der Waals surface area contributed by atoms with Gasteiger partial charge in [0.2, 0.25) is 5.89 Å². The van der Waals surface area contributed by atoms with Crippen LogP contribution in [0.4, 0.5) is 13.2 Å². The average molecular weight is 251 g/mol. The summed E-state index contributed by atoms with van der Waals surface area (Å²) in [5.74, 6) is -0.127. The predicted molar refractivity (Wildman–Crippen MR) is 55.6 cm³/mol. The molecule has 0 fully saturated rings. The molecule has 1 aromatic heterocycles. The van der Waals surface area contributed by atoms with E-state index in [1.165, 1.54) is 0 Å². The van der Waals surface area contributed by atoms with Crippen LogP contribution < -0.4 is 5.32 Å². The largest absolute Gasteiger partial charge is 0.396 e.